The van der Waals surface area contributed by atoms with Gasteiger partial charge in [0.15, 0.2) is 0 Å². The van der Waals surface area contributed by atoms with Crippen LogP contribution in [0.5, 0.6) is 0 Å². The lowest BCUT2D eigenvalue weighted by molar-refractivity contribution is -0.144. The van der Waals surface area contributed by atoms with Crippen LogP contribution >= 0.6 is 73.3 Å². The largest absolute Gasteiger partial charge is 0.464 e. The fourth-order valence-electron chi connectivity index (χ4n) is 5.15. The third-order valence-corrected chi connectivity index (χ3v) is 10.7. The normalized spacial score (nSPS) is 10.1. The van der Waals surface area contributed by atoms with Gasteiger partial charge in [0.25, 0.3) is 0 Å². The molecule has 0 fully saturated rings. The summed E-state index contributed by atoms with van der Waals surface area (Å²) in [6.07, 6.45) is 26.6. The smallest absolute Gasteiger partial charge is 0.305 e. The van der Waals surface area contributed by atoms with Crippen LogP contribution in [0.25, 0.3) is 0 Å². The van der Waals surface area contributed by atoms with Gasteiger partial charge in [0.2, 0.25) is 0 Å². The van der Waals surface area contributed by atoms with Crippen molar-refractivity contribution in [3.05, 3.63) is 0 Å². The summed E-state index contributed by atoms with van der Waals surface area (Å²) in [4.78, 5) is 35.7. The molecule has 0 saturated heterocycles. The molecule has 0 aromatic rings. The van der Waals surface area contributed by atoms with Crippen LogP contribution in [-0.2, 0) is 28.6 Å². The average molecular weight is 956 g/mol. The van der Waals surface area contributed by atoms with Crippen LogP contribution in [0.2, 0.25) is 0 Å². The fraction of sp³-hybridized carbons (Fsp3) is 0.786. The van der Waals surface area contributed by atoms with Crippen LogP contribution in [0.15, 0.2) is 0 Å². The molecule has 60 heavy (non-hydrogen) atoms. The molecule has 9 N–H and O–H groups in total. The number of rotatable bonds is 33. The fourth-order valence-corrected chi connectivity index (χ4v) is 5.67. The SMILES string of the molecule is CCCCCCCC(=O)OCCNC(=S)C(N)=S.CCCCCCCCCC(=O)OCCNC(=S)C(N)=S.CCCCCCCCCCCC(=O)OCCNC(=S)C(N)=S. The van der Waals surface area contributed by atoms with Crippen LogP contribution in [0.3, 0.4) is 0 Å². The molecule has 0 rings (SSSR count). The number of thiocarbonyl (C=S) groups is 6. The lowest BCUT2D eigenvalue weighted by atomic mass is 10.1. The van der Waals surface area contributed by atoms with Gasteiger partial charge < -0.3 is 47.4 Å². The Morgan fingerprint density at radius 3 is 0.767 bits per heavy atom. The Labute approximate surface area is 394 Å². The molecule has 0 heterocycles. The lowest BCUT2D eigenvalue weighted by Crippen LogP contribution is -2.35. The minimum absolute atomic E-state index is 0.147. The van der Waals surface area contributed by atoms with E-state index in [0.29, 0.717) is 60.5 Å². The predicted octanol–water partition coefficient (Wildman–Crippen LogP) is 8.62. The molecule has 0 bridgehead atoms. The molecule has 0 aromatic heterocycles. The highest BCUT2D eigenvalue weighted by Crippen LogP contribution is 2.11. The number of esters is 3. The van der Waals surface area contributed by atoms with E-state index in [9.17, 15) is 14.4 Å². The van der Waals surface area contributed by atoms with Gasteiger partial charge in [-0.15, -0.1) is 0 Å². The van der Waals surface area contributed by atoms with Crippen molar-refractivity contribution in [3.8, 4) is 0 Å². The summed E-state index contributed by atoms with van der Waals surface area (Å²) < 4.78 is 15.2. The van der Waals surface area contributed by atoms with E-state index in [2.05, 4.69) is 48.9 Å². The van der Waals surface area contributed by atoms with Gasteiger partial charge in [0.1, 0.15) is 49.8 Å². The van der Waals surface area contributed by atoms with E-state index < -0.39 is 0 Å². The minimum atomic E-state index is -0.158. The predicted molar refractivity (Wildman–Crippen MR) is 273 cm³/mol. The van der Waals surface area contributed by atoms with Gasteiger partial charge in [-0.05, 0) is 19.3 Å². The molecule has 0 amide bonds. The van der Waals surface area contributed by atoms with Gasteiger partial charge in [-0.1, -0.05) is 210 Å². The van der Waals surface area contributed by atoms with Gasteiger partial charge in [0.05, 0.1) is 0 Å². The molecule has 0 saturated carbocycles. The molecule has 0 aromatic carbocycles. The maximum absolute atomic E-state index is 11.5. The number of nitrogens with two attached hydrogens (primary N) is 3. The summed E-state index contributed by atoms with van der Waals surface area (Å²) in [7, 11) is 0. The standard InChI is InChI=1S/C16H30N2O2S2.C14H26N2O2S2.C12H22N2O2S2/c1-2-3-4-5-6-7-8-9-10-11-14(19)20-13-12-18-16(22)15(17)21;1-2-3-4-5-6-7-8-9-12(17)18-11-10-16-14(20)13(15)19;1-2-3-4-5-6-7-10(15)16-9-8-14-12(18)11(13)17/h2-13H2,1H3,(H2,17,21)(H,18,22);2-11H2,1H3,(H2,15,19)(H,16,20);2-9H2,1H3,(H2,13,17)(H,14,18). The minimum Gasteiger partial charge on any atom is -0.464 e. The third-order valence-electron chi connectivity index (χ3n) is 8.58. The molecular formula is C42H78N6O6S6. The molecule has 12 nitrogen and oxygen atoms in total. The van der Waals surface area contributed by atoms with Crippen LogP contribution in [-0.4, -0.2) is 87.3 Å². The van der Waals surface area contributed by atoms with Crippen molar-refractivity contribution in [3.63, 3.8) is 0 Å². The maximum Gasteiger partial charge on any atom is 0.305 e. The molecule has 0 atom stereocenters. The number of carbonyl (C=O) groups excluding carboxylic acids is 3. The van der Waals surface area contributed by atoms with E-state index in [0.717, 1.165) is 38.5 Å². The van der Waals surface area contributed by atoms with Crippen LogP contribution in [0.4, 0.5) is 0 Å². The van der Waals surface area contributed by atoms with E-state index in [-0.39, 0.29) is 46.1 Å². The second-order valence-electron chi connectivity index (χ2n) is 14.1. The Morgan fingerprint density at radius 2 is 0.567 bits per heavy atom. The third kappa shape index (κ3) is 50.1. The van der Waals surface area contributed by atoms with Crippen molar-refractivity contribution in [2.45, 2.75) is 175 Å². The van der Waals surface area contributed by atoms with Gasteiger partial charge in [0, 0.05) is 38.9 Å². The molecule has 0 aliphatic heterocycles. The van der Waals surface area contributed by atoms with E-state index in [1.807, 2.05) is 0 Å². The van der Waals surface area contributed by atoms with Crippen molar-refractivity contribution in [1.29, 1.82) is 0 Å². The highest BCUT2D eigenvalue weighted by atomic mass is 32.1. The van der Waals surface area contributed by atoms with Crippen molar-refractivity contribution in [1.82, 2.24) is 16.0 Å². The zero-order valence-corrected chi connectivity index (χ0v) is 41.7. The van der Waals surface area contributed by atoms with Gasteiger partial charge in [-0.2, -0.15) is 0 Å². The molecule has 0 spiro atoms. The molecular weight excluding hydrogens is 877 g/mol. The second kappa shape index (κ2) is 47.8. The van der Waals surface area contributed by atoms with Crippen LogP contribution in [0.1, 0.15) is 175 Å². The summed E-state index contributed by atoms with van der Waals surface area (Å²) in [6, 6.07) is 0. The molecule has 0 unspecified atom stereocenters. The van der Waals surface area contributed by atoms with E-state index in [1.54, 1.807) is 0 Å². The van der Waals surface area contributed by atoms with E-state index in [1.165, 1.54) is 96.3 Å². The number of unbranched alkanes of at least 4 members (excludes halogenated alkanes) is 18. The van der Waals surface area contributed by atoms with Crippen molar-refractivity contribution >= 4 is 121 Å². The van der Waals surface area contributed by atoms with Gasteiger partial charge in [-0.3, -0.25) is 14.4 Å². The molecule has 0 aliphatic rings. The highest BCUT2D eigenvalue weighted by Gasteiger charge is 2.06. The topological polar surface area (TPSA) is 193 Å². The maximum atomic E-state index is 11.5. The Morgan fingerprint density at radius 1 is 0.367 bits per heavy atom. The Kier molecular flexibility index (Phi) is 49.4. The lowest BCUT2D eigenvalue weighted by Gasteiger charge is -2.07. The number of hydrogen-bond donors (Lipinski definition) is 6. The van der Waals surface area contributed by atoms with Gasteiger partial charge >= 0.3 is 17.9 Å². The van der Waals surface area contributed by atoms with E-state index in [4.69, 9.17) is 92.5 Å². The second-order valence-corrected chi connectivity index (χ2v) is 16.7. The summed E-state index contributed by atoms with van der Waals surface area (Å²) >= 11 is 28.7. The first-order valence-corrected chi connectivity index (χ1v) is 24.4. The summed E-state index contributed by atoms with van der Waals surface area (Å²) in [5.74, 6) is -0.456. The summed E-state index contributed by atoms with van der Waals surface area (Å²) in [5.41, 5.74) is 16.0. The van der Waals surface area contributed by atoms with E-state index >= 15 is 0 Å². The van der Waals surface area contributed by atoms with Crippen molar-refractivity contribution in [2.24, 2.45) is 17.2 Å². The highest BCUT2D eigenvalue weighted by molar-refractivity contribution is 7.90. The first-order chi connectivity index (χ1) is 28.7. The van der Waals surface area contributed by atoms with Gasteiger partial charge in [-0.25, -0.2) is 0 Å². The molecule has 18 heteroatoms. The average Bonchev–Trinajstić information content (AvgIpc) is 3.21. The number of nitrogens with one attached hydrogen (secondary N) is 3. The summed E-state index contributed by atoms with van der Waals surface area (Å²) in [5, 5.41) is 8.46. The first-order valence-electron chi connectivity index (χ1n) is 21.9. The Balaban J connectivity index is -0.000000816. The van der Waals surface area contributed by atoms with Crippen LogP contribution < -0.4 is 33.2 Å². The summed E-state index contributed by atoms with van der Waals surface area (Å²) in [6.45, 7) is 8.80. The first kappa shape index (κ1) is 62.0. The molecule has 348 valence electrons. The quantitative estimate of drug-likeness (QED) is 0.0158. The monoisotopic (exact) mass is 954 g/mol. The molecule has 0 radical (unpaired) electrons. The Hall–Kier alpha value is -2.25. The van der Waals surface area contributed by atoms with Crippen LogP contribution in [0, 0.1) is 0 Å². The Bertz CT molecular complexity index is 1210. The van der Waals surface area contributed by atoms with Crippen molar-refractivity contribution < 1.29 is 28.6 Å². The zero-order valence-electron chi connectivity index (χ0n) is 36.8. The number of carbonyl (C=O) groups is 3. The zero-order chi connectivity index (χ0) is 45.7. The number of hydrogen-bond acceptors (Lipinski definition) is 12. The molecule has 0 aliphatic carbocycles. The number of ether oxygens (including phenoxy) is 3. The van der Waals surface area contributed by atoms with Crippen molar-refractivity contribution in [2.75, 3.05) is 39.5 Å².